The monoisotopic (exact) mass is 394 g/mol. The molecular formula is C20H18F4N2O2. The van der Waals surface area contributed by atoms with Crippen molar-refractivity contribution in [1.29, 1.82) is 0 Å². The molecule has 0 bridgehead atoms. The highest BCUT2D eigenvalue weighted by Gasteiger charge is 2.34. The van der Waals surface area contributed by atoms with Crippen molar-refractivity contribution in [2.24, 2.45) is 0 Å². The molecule has 0 radical (unpaired) electrons. The van der Waals surface area contributed by atoms with Crippen molar-refractivity contribution in [1.82, 2.24) is 0 Å². The van der Waals surface area contributed by atoms with Crippen LogP contribution < -0.4 is 10.2 Å². The molecule has 4 nitrogen and oxygen atoms in total. The highest BCUT2D eigenvalue weighted by atomic mass is 19.4. The molecule has 0 atom stereocenters. The number of hydrogen-bond acceptors (Lipinski definition) is 3. The van der Waals surface area contributed by atoms with Gasteiger partial charge in [-0.25, -0.2) is 4.39 Å². The summed E-state index contributed by atoms with van der Waals surface area (Å²) in [4.78, 5) is 14.1. The second kappa shape index (κ2) is 8.43. The number of benzene rings is 2. The minimum Gasteiger partial charge on any atom is -0.378 e. The van der Waals surface area contributed by atoms with Gasteiger partial charge in [0.05, 0.1) is 18.8 Å². The first-order chi connectivity index (χ1) is 13.3. The summed E-state index contributed by atoms with van der Waals surface area (Å²) in [6, 6.07) is 9.86. The van der Waals surface area contributed by atoms with Gasteiger partial charge in [0.1, 0.15) is 5.82 Å². The Morgan fingerprint density at radius 2 is 1.75 bits per heavy atom. The number of morpholine rings is 1. The molecule has 1 fully saturated rings. The van der Waals surface area contributed by atoms with Gasteiger partial charge in [-0.15, -0.1) is 0 Å². The number of nitrogens with one attached hydrogen (secondary N) is 1. The summed E-state index contributed by atoms with van der Waals surface area (Å²) in [5.74, 6) is -2.00. The minimum absolute atomic E-state index is 0.133. The number of hydrogen-bond donors (Lipinski definition) is 1. The van der Waals surface area contributed by atoms with Crippen molar-refractivity contribution in [3.8, 4) is 0 Å². The molecule has 0 aliphatic carbocycles. The van der Waals surface area contributed by atoms with Gasteiger partial charge in [-0.3, -0.25) is 4.79 Å². The van der Waals surface area contributed by atoms with Gasteiger partial charge < -0.3 is 15.0 Å². The van der Waals surface area contributed by atoms with Crippen molar-refractivity contribution < 1.29 is 27.1 Å². The van der Waals surface area contributed by atoms with Gasteiger partial charge in [0.2, 0.25) is 5.91 Å². The maximum Gasteiger partial charge on any atom is 0.419 e. The molecule has 0 unspecified atom stereocenters. The largest absolute Gasteiger partial charge is 0.419 e. The Labute approximate surface area is 159 Å². The first-order valence-corrected chi connectivity index (χ1v) is 8.61. The molecule has 2 aromatic carbocycles. The van der Waals surface area contributed by atoms with Gasteiger partial charge in [-0.1, -0.05) is 12.1 Å². The SMILES string of the molecule is O=C(C=Cc1ccc(N2CCOCC2)cc1)Nc1ccc(F)c(C(F)(F)F)c1. The van der Waals surface area contributed by atoms with E-state index in [1.165, 1.54) is 6.08 Å². The average molecular weight is 394 g/mol. The predicted molar refractivity (Wildman–Crippen MR) is 98.5 cm³/mol. The molecule has 28 heavy (non-hydrogen) atoms. The Kier molecular flexibility index (Phi) is 5.99. The molecular weight excluding hydrogens is 376 g/mol. The number of halogens is 4. The van der Waals surface area contributed by atoms with Crippen molar-refractivity contribution in [2.45, 2.75) is 6.18 Å². The Bertz CT molecular complexity index is 857. The average Bonchev–Trinajstić information content (AvgIpc) is 2.68. The highest BCUT2D eigenvalue weighted by molar-refractivity contribution is 6.02. The van der Waals surface area contributed by atoms with E-state index in [9.17, 15) is 22.4 Å². The third-order valence-corrected chi connectivity index (χ3v) is 4.24. The minimum atomic E-state index is -4.83. The lowest BCUT2D eigenvalue weighted by molar-refractivity contribution is -0.140. The lowest BCUT2D eigenvalue weighted by atomic mass is 10.1. The Balaban J connectivity index is 1.62. The van der Waals surface area contributed by atoms with Crippen LogP contribution in [0.4, 0.5) is 28.9 Å². The van der Waals surface area contributed by atoms with Crippen molar-refractivity contribution in [3.63, 3.8) is 0 Å². The summed E-state index contributed by atoms with van der Waals surface area (Å²) in [6.07, 6.45) is -2.07. The topological polar surface area (TPSA) is 41.6 Å². The number of rotatable bonds is 4. The van der Waals surface area contributed by atoms with Crippen LogP contribution in [0.1, 0.15) is 11.1 Å². The fraction of sp³-hybridized carbons (Fsp3) is 0.250. The zero-order valence-electron chi connectivity index (χ0n) is 14.8. The van der Waals surface area contributed by atoms with Crippen LogP contribution in [0.5, 0.6) is 0 Å². The van der Waals surface area contributed by atoms with E-state index >= 15 is 0 Å². The van der Waals surface area contributed by atoms with Gasteiger partial charge in [-0.2, -0.15) is 13.2 Å². The zero-order chi connectivity index (χ0) is 20.1. The molecule has 2 aromatic rings. The standard InChI is InChI=1S/C20H18F4N2O2/c21-18-7-4-15(13-17(18)20(22,23)24)25-19(27)8-3-14-1-5-16(6-2-14)26-9-11-28-12-10-26/h1-8,13H,9-12H2,(H,25,27). The van der Waals surface area contributed by atoms with Gasteiger partial charge in [0.25, 0.3) is 0 Å². The van der Waals surface area contributed by atoms with E-state index in [4.69, 9.17) is 4.74 Å². The van der Waals surface area contributed by atoms with Crippen LogP contribution in [0.25, 0.3) is 6.08 Å². The van der Waals surface area contributed by atoms with Crippen LogP contribution in [0.2, 0.25) is 0 Å². The molecule has 1 aliphatic heterocycles. The lowest BCUT2D eigenvalue weighted by Crippen LogP contribution is -2.36. The smallest absolute Gasteiger partial charge is 0.378 e. The number of alkyl halides is 3. The summed E-state index contributed by atoms with van der Waals surface area (Å²) >= 11 is 0. The molecule has 1 saturated heterocycles. The molecule has 1 heterocycles. The fourth-order valence-corrected chi connectivity index (χ4v) is 2.79. The normalized spacial score (nSPS) is 15.1. The molecule has 148 valence electrons. The van der Waals surface area contributed by atoms with Gasteiger partial charge in [-0.05, 0) is 42.0 Å². The molecule has 1 N–H and O–H groups in total. The molecule has 3 rings (SSSR count). The van der Waals surface area contributed by atoms with E-state index < -0.39 is 23.5 Å². The number of amides is 1. The van der Waals surface area contributed by atoms with Gasteiger partial charge in [0.15, 0.2) is 0 Å². The quantitative estimate of drug-likeness (QED) is 0.620. The maximum absolute atomic E-state index is 13.3. The third kappa shape index (κ3) is 5.10. The van der Waals surface area contributed by atoms with E-state index in [1.807, 2.05) is 24.3 Å². The van der Waals surface area contributed by atoms with Crippen LogP contribution in [0.3, 0.4) is 0 Å². The number of ether oxygens (including phenoxy) is 1. The first kappa shape index (κ1) is 19.9. The lowest BCUT2D eigenvalue weighted by Gasteiger charge is -2.28. The maximum atomic E-state index is 13.3. The number of carbonyl (C=O) groups excluding carboxylic acids is 1. The summed E-state index contributed by atoms with van der Waals surface area (Å²) < 4.78 is 56.8. The van der Waals surface area contributed by atoms with Crippen molar-refractivity contribution in [3.05, 3.63) is 65.5 Å². The number of nitrogens with zero attached hydrogens (tertiary/aromatic N) is 1. The summed E-state index contributed by atoms with van der Waals surface area (Å²) in [6.45, 7) is 2.99. The summed E-state index contributed by atoms with van der Waals surface area (Å²) in [5.41, 5.74) is 0.261. The van der Waals surface area contributed by atoms with Crippen LogP contribution in [0.15, 0.2) is 48.5 Å². The first-order valence-electron chi connectivity index (χ1n) is 8.61. The molecule has 0 saturated carbocycles. The van der Waals surface area contributed by atoms with Gasteiger partial charge >= 0.3 is 6.18 Å². The van der Waals surface area contributed by atoms with Crippen LogP contribution >= 0.6 is 0 Å². The Morgan fingerprint density at radius 1 is 1.07 bits per heavy atom. The Morgan fingerprint density at radius 3 is 2.39 bits per heavy atom. The zero-order valence-corrected chi connectivity index (χ0v) is 14.8. The van der Waals surface area contributed by atoms with E-state index in [0.29, 0.717) is 25.3 Å². The number of carbonyl (C=O) groups is 1. The van der Waals surface area contributed by atoms with Gasteiger partial charge in [0, 0.05) is 30.5 Å². The number of anilines is 2. The fourth-order valence-electron chi connectivity index (χ4n) is 2.79. The molecule has 1 aliphatic rings. The van der Waals surface area contributed by atoms with E-state index in [-0.39, 0.29) is 5.69 Å². The highest BCUT2D eigenvalue weighted by Crippen LogP contribution is 2.33. The second-order valence-corrected chi connectivity index (χ2v) is 6.21. The Hall–Kier alpha value is -2.87. The van der Waals surface area contributed by atoms with Crippen LogP contribution in [-0.4, -0.2) is 32.2 Å². The van der Waals surface area contributed by atoms with Crippen LogP contribution in [-0.2, 0) is 15.7 Å². The summed E-state index contributed by atoms with van der Waals surface area (Å²) in [7, 11) is 0. The van der Waals surface area contributed by atoms with E-state index in [0.717, 1.165) is 30.4 Å². The second-order valence-electron chi connectivity index (χ2n) is 6.21. The molecule has 1 amide bonds. The molecule has 8 heteroatoms. The van der Waals surface area contributed by atoms with E-state index in [1.54, 1.807) is 6.08 Å². The van der Waals surface area contributed by atoms with E-state index in [2.05, 4.69) is 10.2 Å². The van der Waals surface area contributed by atoms with Crippen molar-refractivity contribution in [2.75, 3.05) is 36.5 Å². The third-order valence-electron chi connectivity index (χ3n) is 4.24. The summed E-state index contributed by atoms with van der Waals surface area (Å²) in [5, 5.41) is 2.30. The van der Waals surface area contributed by atoms with Crippen molar-refractivity contribution >= 4 is 23.4 Å². The molecule has 0 aromatic heterocycles. The van der Waals surface area contributed by atoms with Crippen LogP contribution in [0, 0.1) is 5.82 Å². The predicted octanol–water partition coefficient (Wildman–Crippen LogP) is 4.33. The molecule has 0 spiro atoms.